The van der Waals surface area contributed by atoms with Crippen LogP contribution in [0.1, 0.15) is 131 Å². The molecule has 3 atom stereocenters. The maximum absolute atomic E-state index is 2.43. The van der Waals surface area contributed by atoms with Gasteiger partial charge in [0.05, 0.1) is 0 Å². The van der Waals surface area contributed by atoms with Gasteiger partial charge in [-0.2, -0.15) is 0 Å². The first-order chi connectivity index (χ1) is 11.6. The van der Waals surface area contributed by atoms with Crippen molar-refractivity contribution in [2.45, 2.75) is 131 Å². The van der Waals surface area contributed by atoms with Crippen molar-refractivity contribution in [1.29, 1.82) is 0 Å². The molecule has 0 spiro atoms. The summed E-state index contributed by atoms with van der Waals surface area (Å²) in [5, 5.41) is 0. The van der Waals surface area contributed by atoms with Crippen LogP contribution in [0.25, 0.3) is 0 Å². The molecular weight excluding hydrogens is 288 g/mol. The minimum atomic E-state index is 0.864. The second-order valence-corrected chi connectivity index (χ2v) is 8.77. The van der Waals surface area contributed by atoms with Crippen molar-refractivity contribution in [1.82, 2.24) is 0 Å². The van der Waals surface area contributed by atoms with Crippen molar-refractivity contribution < 1.29 is 0 Å². The van der Waals surface area contributed by atoms with Crippen LogP contribution in [0.2, 0.25) is 0 Å². The lowest BCUT2D eigenvalue weighted by Gasteiger charge is -2.30. The molecule has 0 rings (SSSR count). The second-order valence-electron chi connectivity index (χ2n) is 8.77. The minimum absolute atomic E-state index is 0.864. The summed E-state index contributed by atoms with van der Waals surface area (Å²) in [6.45, 7) is 14.4. The zero-order valence-corrected chi connectivity index (χ0v) is 18.2. The van der Waals surface area contributed by atoms with E-state index in [4.69, 9.17) is 0 Å². The van der Waals surface area contributed by atoms with Gasteiger partial charge in [0.2, 0.25) is 0 Å². The molecule has 24 heavy (non-hydrogen) atoms. The Labute approximate surface area is 155 Å². The van der Waals surface area contributed by atoms with Crippen LogP contribution in [0.5, 0.6) is 0 Å². The average Bonchev–Trinajstić information content (AvgIpc) is 2.56. The molecule has 0 bridgehead atoms. The Morgan fingerprint density at radius 2 is 1.12 bits per heavy atom. The molecule has 0 saturated carbocycles. The summed E-state index contributed by atoms with van der Waals surface area (Å²) in [4.78, 5) is 0. The molecule has 0 aromatic carbocycles. The molecule has 146 valence electrons. The largest absolute Gasteiger partial charge is 0.0654 e. The Bertz CT molecular complexity index is 242. The highest BCUT2D eigenvalue weighted by Gasteiger charge is 2.22. The summed E-state index contributed by atoms with van der Waals surface area (Å²) in [5.41, 5.74) is 0. The van der Waals surface area contributed by atoms with E-state index in [1.807, 2.05) is 0 Å². The molecule has 0 fully saturated rings. The van der Waals surface area contributed by atoms with Crippen molar-refractivity contribution in [3.05, 3.63) is 0 Å². The van der Waals surface area contributed by atoms with Crippen molar-refractivity contribution in [3.8, 4) is 0 Å². The van der Waals surface area contributed by atoms with E-state index >= 15 is 0 Å². The highest BCUT2D eigenvalue weighted by Crippen LogP contribution is 2.34. The highest BCUT2D eigenvalue weighted by atomic mass is 14.3. The summed E-state index contributed by atoms with van der Waals surface area (Å²) < 4.78 is 0. The van der Waals surface area contributed by atoms with E-state index in [0.717, 1.165) is 23.7 Å². The van der Waals surface area contributed by atoms with Gasteiger partial charge in [-0.1, -0.05) is 119 Å². The van der Waals surface area contributed by atoms with E-state index < -0.39 is 0 Å². The van der Waals surface area contributed by atoms with Gasteiger partial charge in [0.1, 0.15) is 0 Å². The van der Waals surface area contributed by atoms with Gasteiger partial charge < -0.3 is 0 Å². The number of hydrogen-bond donors (Lipinski definition) is 0. The van der Waals surface area contributed by atoms with E-state index in [9.17, 15) is 0 Å². The Balaban J connectivity index is 4.27. The molecule has 0 radical (unpaired) electrons. The molecule has 3 unspecified atom stereocenters. The van der Waals surface area contributed by atoms with Crippen molar-refractivity contribution in [3.63, 3.8) is 0 Å². The molecule has 0 heterocycles. The molecule has 0 saturated heterocycles. The van der Waals surface area contributed by atoms with Gasteiger partial charge in [-0.05, 0) is 36.5 Å². The van der Waals surface area contributed by atoms with Crippen LogP contribution in [0.3, 0.4) is 0 Å². The van der Waals surface area contributed by atoms with Crippen LogP contribution in [0.15, 0.2) is 0 Å². The van der Waals surface area contributed by atoms with Crippen LogP contribution in [0, 0.1) is 23.7 Å². The molecule has 0 N–H and O–H groups in total. The van der Waals surface area contributed by atoms with Gasteiger partial charge in [-0.15, -0.1) is 0 Å². The van der Waals surface area contributed by atoms with E-state index in [2.05, 4.69) is 41.5 Å². The summed E-state index contributed by atoms with van der Waals surface area (Å²) in [5.74, 6) is 3.80. The van der Waals surface area contributed by atoms with Gasteiger partial charge >= 0.3 is 0 Å². The smallest absolute Gasteiger partial charge is 0.0386 e. The lowest BCUT2D eigenvalue weighted by molar-refractivity contribution is 0.213. The summed E-state index contributed by atoms with van der Waals surface area (Å²) in [6, 6.07) is 0. The third-order valence-electron chi connectivity index (χ3n) is 6.03. The molecule has 0 aliphatic heterocycles. The lowest BCUT2D eigenvalue weighted by Crippen LogP contribution is -2.19. The third-order valence-corrected chi connectivity index (χ3v) is 6.03. The minimum Gasteiger partial charge on any atom is -0.0654 e. The maximum Gasteiger partial charge on any atom is -0.0386 e. The first kappa shape index (κ1) is 24.0. The number of hydrogen-bond acceptors (Lipinski definition) is 0. The zero-order valence-electron chi connectivity index (χ0n) is 18.2. The summed E-state index contributed by atoms with van der Waals surface area (Å²) >= 11 is 0. The Morgan fingerprint density at radius 1 is 0.542 bits per heavy atom. The lowest BCUT2D eigenvalue weighted by atomic mass is 9.76. The zero-order chi connectivity index (χ0) is 18.2. The quantitative estimate of drug-likeness (QED) is 0.232. The van der Waals surface area contributed by atoms with Crippen molar-refractivity contribution in [2.24, 2.45) is 23.7 Å². The topological polar surface area (TPSA) is 0 Å². The predicted octanol–water partition coefficient (Wildman–Crippen LogP) is 9.03. The van der Waals surface area contributed by atoms with Gasteiger partial charge in [0, 0.05) is 0 Å². The van der Waals surface area contributed by atoms with E-state index in [0.29, 0.717) is 0 Å². The predicted molar refractivity (Wildman–Crippen MR) is 113 cm³/mol. The maximum atomic E-state index is 2.43. The molecular formula is C24H50. The van der Waals surface area contributed by atoms with Gasteiger partial charge in [0.15, 0.2) is 0 Å². The normalized spacial score (nSPS) is 15.6. The molecule has 0 aliphatic carbocycles. The summed E-state index contributed by atoms with van der Waals surface area (Å²) in [6.07, 6.45) is 20.2. The van der Waals surface area contributed by atoms with Crippen molar-refractivity contribution in [2.75, 3.05) is 0 Å². The molecule has 0 aromatic rings. The Morgan fingerprint density at radius 3 is 1.62 bits per heavy atom. The second kappa shape index (κ2) is 16.5. The molecule has 0 amide bonds. The van der Waals surface area contributed by atoms with Crippen LogP contribution in [-0.2, 0) is 0 Å². The van der Waals surface area contributed by atoms with Crippen LogP contribution < -0.4 is 0 Å². The Hall–Kier alpha value is 0. The van der Waals surface area contributed by atoms with Crippen molar-refractivity contribution >= 4 is 0 Å². The van der Waals surface area contributed by atoms with Crippen LogP contribution in [-0.4, -0.2) is 0 Å². The fourth-order valence-electron chi connectivity index (χ4n) is 4.65. The van der Waals surface area contributed by atoms with Gasteiger partial charge in [0.25, 0.3) is 0 Å². The third kappa shape index (κ3) is 12.4. The van der Waals surface area contributed by atoms with Crippen LogP contribution >= 0.6 is 0 Å². The summed E-state index contributed by atoms with van der Waals surface area (Å²) in [7, 11) is 0. The van der Waals surface area contributed by atoms with E-state index in [1.54, 1.807) is 0 Å². The first-order valence-corrected chi connectivity index (χ1v) is 11.6. The molecule has 0 aliphatic rings. The fraction of sp³-hybridized carbons (Fsp3) is 1.00. The van der Waals surface area contributed by atoms with Gasteiger partial charge in [-0.3, -0.25) is 0 Å². The van der Waals surface area contributed by atoms with E-state index in [-0.39, 0.29) is 0 Å². The van der Waals surface area contributed by atoms with E-state index in [1.165, 1.54) is 89.9 Å². The fourth-order valence-corrected chi connectivity index (χ4v) is 4.65. The molecule has 0 aromatic heterocycles. The monoisotopic (exact) mass is 338 g/mol. The average molecular weight is 339 g/mol. The van der Waals surface area contributed by atoms with Crippen LogP contribution in [0.4, 0.5) is 0 Å². The molecule has 0 nitrogen and oxygen atoms in total. The molecule has 0 heteroatoms. The standard InChI is InChI=1S/C24H50/c1-7-11-12-13-14-15-16-18-22(19-21(5)6)20-24(10-4)23(9-3)17-8-2/h21-24H,7-20H2,1-6H3. The highest BCUT2D eigenvalue weighted by molar-refractivity contribution is 4.73. The number of unbranched alkanes of at least 4 members (excludes halogenated alkanes) is 6. The Kier molecular flexibility index (Phi) is 16.5. The number of rotatable bonds is 17. The SMILES string of the molecule is CCCCCCCCCC(CC(C)C)CC(CC)C(CC)CCC. The van der Waals surface area contributed by atoms with Gasteiger partial charge in [-0.25, -0.2) is 0 Å². The first-order valence-electron chi connectivity index (χ1n) is 11.6.